The van der Waals surface area contributed by atoms with E-state index in [4.69, 9.17) is 9.47 Å². The lowest BCUT2D eigenvalue weighted by atomic mass is 9.99. The Morgan fingerprint density at radius 2 is 1.31 bits per heavy atom. The summed E-state index contributed by atoms with van der Waals surface area (Å²) in [5.41, 5.74) is 0. The minimum absolute atomic E-state index is 0.143. The van der Waals surface area contributed by atoms with Gasteiger partial charge in [0.25, 0.3) is 0 Å². The molecule has 0 radical (unpaired) electrons. The second-order valence-electron chi connectivity index (χ2n) is 12.7. The van der Waals surface area contributed by atoms with E-state index in [1.165, 1.54) is 44.9 Å². The summed E-state index contributed by atoms with van der Waals surface area (Å²) in [7, 11) is 0. The van der Waals surface area contributed by atoms with Crippen molar-refractivity contribution in [2.24, 2.45) is 0 Å². The van der Waals surface area contributed by atoms with E-state index < -0.39 is 49.5 Å². The molecule has 0 aliphatic carbocycles. The van der Waals surface area contributed by atoms with Crippen molar-refractivity contribution in [3.63, 3.8) is 0 Å². The van der Waals surface area contributed by atoms with Crippen LogP contribution in [0.15, 0.2) is 24.3 Å². The fourth-order valence-corrected chi connectivity index (χ4v) is 5.54. The summed E-state index contributed by atoms with van der Waals surface area (Å²) in [6, 6.07) is -0.716. The number of carbonyl (C=O) groups is 1. The molecule has 9 nitrogen and oxygen atoms in total. The lowest BCUT2D eigenvalue weighted by molar-refractivity contribution is -0.302. The third-order valence-corrected chi connectivity index (χ3v) is 8.56. The average molecular weight is 642 g/mol. The monoisotopic (exact) mass is 641 g/mol. The number of carbonyl (C=O) groups excluding carboxylic acids is 1. The van der Waals surface area contributed by atoms with Crippen LogP contribution in [0.1, 0.15) is 142 Å². The molecule has 0 aromatic heterocycles. The molecule has 1 heterocycles. The third kappa shape index (κ3) is 19.8. The predicted octanol–water partition coefficient (Wildman–Crippen LogP) is 5.60. The van der Waals surface area contributed by atoms with Crippen LogP contribution in [0.4, 0.5) is 0 Å². The molecule has 1 amide bonds. The van der Waals surface area contributed by atoms with Crippen molar-refractivity contribution in [2.45, 2.75) is 185 Å². The molecule has 1 rings (SSSR count). The quantitative estimate of drug-likeness (QED) is 0.0478. The zero-order valence-corrected chi connectivity index (χ0v) is 28.4. The summed E-state index contributed by atoms with van der Waals surface area (Å²) < 4.78 is 11.1. The summed E-state index contributed by atoms with van der Waals surface area (Å²) >= 11 is 0. The molecule has 1 aliphatic heterocycles. The van der Waals surface area contributed by atoms with Gasteiger partial charge in [-0.3, -0.25) is 4.79 Å². The highest BCUT2D eigenvalue weighted by Crippen LogP contribution is 2.22. The highest BCUT2D eigenvalue weighted by atomic mass is 16.7. The van der Waals surface area contributed by atoms with Gasteiger partial charge in [-0.2, -0.15) is 0 Å². The summed E-state index contributed by atoms with van der Waals surface area (Å²) in [5.74, 6) is -0.162. The van der Waals surface area contributed by atoms with Crippen molar-refractivity contribution >= 4 is 5.91 Å². The molecule has 6 N–H and O–H groups in total. The molecule has 264 valence electrons. The van der Waals surface area contributed by atoms with Crippen LogP contribution in [0.3, 0.4) is 0 Å². The van der Waals surface area contributed by atoms with E-state index in [0.717, 1.165) is 70.6 Å². The van der Waals surface area contributed by atoms with Crippen molar-refractivity contribution in [1.29, 1.82) is 0 Å². The Balaban J connectivity index is 2.33. The van der Waals surface area contributed by atoms with Gasteiger partial charge in [0.05, 0.1) is 25.4 Å². The number of aliphatic hydroxyl groups is 5. The van der Waals surface area contributed by atoms with Crippen LogP contribution in [0, 0.1) is 0 Å². The summed E-state index contributed by atoms with van der Waals surface area (Å²) in [4.78, 5) is 12.8. The zero-order chi connectivity index (χ0) is 33.1. The molecule has 9 heteroatoms. The maximum absolute atomic E-state index is 12.8. The largest absolute Gasteiger partial charge is 0.394 e. The Kier molecular flexibility index (Phi) is 25.7. The van der Waals surface area contributed by atoms with Crippen molar-refractivity contribution in [2.75, 3.05) is 13.2 Å². The summed E-state index contributed by atoms with van der Waals surface area (Å²) in [6.45, 7) is 3.68. The zero-order valence-electron chi connectivity index (χ0n) is 28.4. The van der Waals surface area contributed by atoms with Crippen LogP contribution in [-0.2, 0) is 14.3 Å². The number of rotatable bonds is 28. The van der Waals surface area contributed by atoms with Gasteiger partial charge < -0.3 is 40.3 Å². The molecule has 1 fully saturated rings. The Morgan fingerprint density at radius 3 is 1.96 bits per heavy atom. The number of ether oxygens (including phenoxy) is 2. The van der Waals surface area contributed by atoms with Gasteiger partial charge in [0.15, 0.2) is 6.29 Å². The number of allylic oxidation sites excluding steroid dienone is 4. The van der Waals surface area contributed by atoms with E-state index in [-0.39, 0.29) is 12.5 Å². The molecule has 7 atom stereocenters. The minimum Gasteiger partial charge on any atom is -0.394 e. The Morgan fingerprint density at radius 1 is 0.756 bits per heavy atom. The highest BCUT2D eigenvalue weighted by molar-refractivity contribution is 5.76. The Bertz CT molecular complexity index is 761. The van der Waals surface area contributed by atoms with Gasteiger partial charge in [-0.25, -0.2) is 0 Å². The SMILES string of the molecule is CCCCC/C=C\C/C=C\CCCCCCCCCC(=O)NC(COC1OC(CO)C(O)C(O)C1O)C(O)CCCCCCC. The van der Waals surface area contributed by atoms with Crippen LogP contribution < -0.4 is 5.32 Å². The number of amides is 1. The average Bonchev–Trinajstić information content (AvgIpc) is 3.03. The second-order valence-corrected chi connectivity index (χ2v) is 12.7. The maximum Gasteiger partial charge on any atom is 0.220 e. The molecule has 0 aromatic rings. The van der Waals surface area contributed by atoms with E-state index in [2.05, 4.69) is 43.5 Å². The number of unbranched alkanes of at least 4 members (excludes halogenated alkanes) is 14. The molecule has 0 saturated carbocycles. The van der Waals surface area contributed by atoms with Crippen LogP contribution in [-0.4, -0.2) is 87.5 Å². The summed E-state index contributed by atoms with van der Waals surface area (Å²) in [6.07, 6.45) is 22.2. The van der Waals surface area contributed by atoms with Crippen LogP contribution in [0.5, 0.6) is 0 Å². The van der Waals surface area contributed by atoms with Crippen molar-refractivity contribution in [3.8, 4) is 0 Å². The smallest absolute Gasteiger partial charge is 0.220 e. The van der Waals surface area contributed by atoms with E-state index in [9.17, 15) is 30.3 Å². The summed E-state index contributed by atoms with van der Waals surface area (Å²) in [5, 5.41) is 53.6. The van der Waals surface area contributed by atoms with E-state index in [1.807, 2.05) is 0 Å². The van der Waals surface area contributed by atoms with Gasteiger partial charge >= 0.3 is 0 Å². The molecular weight excluding hydrogens is 574 g/mol. The van der Waals surface area contributed by atoms with Crippen LogP contribution in [0.2, 0.25) is 0 Å². The minimum atomic E-state index is -1.55. The lowest BCUT2D eigenvalue weighted by Crippen LogP contribution is -2.60. The number of hydrogen-bond acceptors (Lipinski definition) is 8. The number of nitrogens with one attached hydrogen (secondary N) is 1. The number of aliphatic hydroxyl groups excluding tert-OH is 5. The van der Waals surface area contributed by atoms with Gasteiger partial charge in [-0.15, -0.1) is 0 Å². The predicted molar refractivity (Wildman–Crippen MR) is 180 cm³/mol. The second kappa shape index (κ2) is 27.8. The van der Waals surface area contributed by atoms with E-state index >= 15 is 0 Å². The first-order valence-corrected chi connectivity index (χ1v) is 18.0. The first kappa shape index (κ1) is 41.7. The lowest BCUT2D eigenvalue weighted by Gasteiger charge is -2.40. The van der Waals surface area contributed by atoms with E-state index in [1.54, 1.807) is 0 Å². The molecule has 1 aliphatic rings. The third-order valence-electron chi connectivity index (χ3n) is 8.56. The highest BCUT2D eigenvalue weighted by Gasteiger charge is 2.44. The van der Waals surface area contributed by atoms with Gasteiger partial charge in [0.2, 0.25) is 5.91 Å². The molecule has 0 aromatic carbocycles. The first-order valence-electron chi connectivity index (χ1n) is 18.0. The molecule has 0 spiro atoms. The molecule has 7 unspecified atom stereocenters. The van der Waals surface area contributed by atoms with E-state index in [0.29, 0.717) is 12.8 Å². The van der Waals surface area contributed by atoms with Gasteiger partial charge in [-0.05, 0) is 44.9 Å². The molecule has 1 saturated heterocycles. The maximum atomic E-state index is 12.8. The molecule has 45 heavy (non-hydrogen) atoms. The molecule has 0 bridgehead atoms. The fourth-order valence-electron chi connectivity index (χ4n) is 5.54. The standard InChI is InChI=1S/C36H67NO8/c1-3-5-7-9-10-11-12-13-14-15-16-17-18-19-20-22-24-26-32(40)37-29(30(39)25-23-21-8-6-4-2)28-44-36-35(43)34(42)33(41)31(27-38)45-36/h10-11,13-14,29-31,33-36,38-39,41-43H,3-9,12,15-28H2,1-2H3,(H,37,40)/b11-10-,14-13-. The van der Waals surface area contributed by atoms with Gasteiger partial charge in [-0.1, -0.05) is 115 Å². The van der Waals surface area contributed by atoms with Crippen LogP contribution in [0.25, 0.3) is 0 Å². The van der Waals surface area contributed by atoms with Gasteiger partial charge in [0, 0.05) is 6.42 Å². The van der Waals surface area contributed by atoms with Crippen molar-refractivity contribution in [1.82, 2.24) is 5.32 Å². The van der Waals surface area contributed by atoms with Crippen LogP contribution >= 0.6 is 0 Å². The molecular formula is C36H67NO8. The normalized spacial score (nSPS) is 23.6. The Labute approximate surface area is 273 Å². The fraction of sp³-hybridized carbons (Fsp3) is 0.861. The van der Waals surface area contributed by atoms with Gasteiger partial charge in [0.1, 0.15) is 24.4 Å². The first-order chi connectivity index (χ1) is 21.8. The van der Waals surface area contributed by atoms with Crippen molar-refractivity contribution < 1.29 is 39.8 Å². The Hall–Kier alpha value is -1.33. The van der Waals surface area contributed by atoms with Crippen molar-refractivity contribution in [3.05, 3.63) is 24.3 Å². The number of hydrogen-bond donors (Lipinski definition) is 6. The topological polar surface area (TPSA) is 149 Å².